The summed E-state index contributed by atoms with van der Waals surface area (Å²) in [5, 5.41) is 3.32. The fourth-order valence-electron chi connectivity index (χ4n) is 3.30. The van der Waals surface area contributed by atoms with Crippen molar-refractivity contribution in [3.63, 3.8) is 0 Å². The Hall–Kier alpha value is -4.31. The van der Waals surface area contributed by atoms with Crippen LogP contribution < -0.4 is 15.8 Å². The van der Waals surface area contributed by atoms with Gasteiger partial charge >= 0.3 is 0 Å². The van der Waals surface area contributed by atoms with Gasteiger partial charge < -0.3 is 20.5 Å². The van der Waals surface area contributed by atoms with Crippen LogP contribution in [0.5, 0.6) is 5.75 Å². The largest absolute Gasteiger partial charge is 0.491 e. The van der Waals surface area contributed by atoms with Gasteiger partial charge in [-0.05, 0) is 17.7 Å². The molecule has 0 amide bonds. The number of hydrogen-bond acceptors (Lipinski definition) is 9. The molecule has 0 saturated carbocycles. The molecule has 4 aromatic rings. The molecule has 0 fully saturated rings. The Balaban J connectivity index is 1.45. The Bertz CT molecular complexity index is 1300. The molecular formula is C24H26N8O2. The molecule has 0 radical (unpaired) electrons. The molecule has 10 heteroatoms. The Kier molecular flexibility index (Phi) is 7.41. The fraction of sp³-hybridized carbons (Fsp3) is 0.208. The van der Waals surface area contributed by atoms with Gasteiger partial charge in [0.15, 0.2) is 0 Å². The van der Waals surface area contributed by atoms with Gasteiger partial charge in [-0.3, -0.25) is 14.4 Å². The number of hydrogen-bond donors (Lipinski definition) is 2. The molecule has 0 aliphatic carbocycles. The number of ether oxygens (including phenoxy) is 2. The van der Waals surface area contributed by atoms with Crippen molar-refractivity contribution in [3.8, 4) is 17.1 Å². The van der Waals surface area contributed by atoms with Crippen LogP contribution >= 0.6 is 0 Å². The first kappa shape index (κ1) is 22.9. The molecule has 3 N–H and O–H groups in total. The summed E-state index contributed by atoms with van der Waals surface area (Å²) < 4.78 is 12.6. The summed E-state index contributed by atoms with van der Waals surface area (Å²) in [7, 11) is 3.34. The summed E-state index contributed by atoms with van der Waals surface area (Å²) >= 11 is 0. The molecule has 0 unspecified atom stereocenters. The van der Waals surface area contributed by atoms with E-state index in [2.05, 4.69) is 30.2 Å². The van der Waals surface area contributed by atoms with E-state index in [0.29, 0.717) is 25.6 Å². The third kappa shape index (κ3) is 5.36. The normalized spacial score (nSPS) is 11.9. The van der Waals surface area contributed by atoms with E-state index in [-0.39, 0.29) is 0 Å². The predicted molar refractivity (Wildman–Crippen MR) is 132 cm³/mol. The van der Waals surface area contributed by atoms with E-state index in [1.807, 2.05) is 40.9 Å². The number of nitrogens with two attached hydrogens (primary N) is 1. The summed E-state index contributed by atoms with van der Waals surface area (Å²) in [4.78, 5) is 21.7. The van der Waals surface area contributed by atoms with Gasteiger partial charge in [0, 0.05) is 63.2 Å². The fourth-order valence-corrected chi connectivity index (χ4v) is 3.30. The van der Waals surface area contributed by atoms with Crippen molar-refractivity contribution < 1.29 is 9.47 Å². The number of methoxy groups -OCH3 is 1. The minimum Gasteiger partial charge on any atom is -0.491 e. The van der Waals surface area contributed by atoms with Gasteiger partial charge in [0.1, 0.15) is 30.1 Å². The van der Waals surface area contributed by atoms with E-state index in [1.54, 1.807) is 32.8 Å². The highest BCUT2D eigenvalue weighted by Gasteiger charge is 2.10. The zero-order chi connectivity index (χ0) is 23.8. The number of imidazole rings is 1. The van der Waals surface area contributed by atoms with Crippen molar-refractivity contribution in [2.24, 2.45) is 10.7 Å². The smallest absolute Gasteiger partial charge is 0.140 e. The van der Waals surface area contributed by atoms with Crippen molar-refractivity contribution in [2.45, 2.75) is 6.54 Å². The number of nitrogens with zero attached hydrogens (tertiary/aromatic N) is 6. The molecule has 4 aromatic heterocycles. The maximum absolute atomic E-state index is 5.67. The van der Waals surface area contributed by atoms with E-state index in [1.165, 1.54) is 12.5 Å². The van der Waals surface area contributed by atoms with Crippen LogP contribution in [0.25, 0.3) is 22.6 Å². The highest BCUT2D eigenvalue weighted by molar-refractivity contribution is 6.08. The predicted octanol–water partition coefficient (Wildman–Crippen LogP) is 2.82. The van der Waals surface area contributed by atoms with Crippen molar-refractivity contribution in [2.75, 3.05) is 32.7 Å². The average molecular weight is 459 g/mol. The highest BCUT2D eigenvalue weighted by Crippen LogP contribution is 2.23. The molecule has 4 rings (SSSR count). The average Bonchev–Trinajstić information content (AvgIpc) is 3.30. The van der Waals surface area contributed by atoms with Gasteiger partial charge in [0.2, 0.25) is 0 Å². The number of anilines is 1. The first-order valence-corrected chi connectivity index (χ1v) is 10.7. The summed E-state index contributed by atoms with van der Waals surface area (Å²) in [6, 6.07) is 9.56. The standard InChI is InChI=1S/C24H26N8O2/c1-26-14-18(11-25)20-4-3-17(12-27-20)13-28-23-10-21(30-16-31-23)22-15-29-24-9-19(5-6-32(22)24)34-8-7-33-2/h3-6,9-12,14-16H,7-8,13,25H2,1-2H3,(H,28,30,31). The molecular weight excluding hydrogens is 432 g/mol. The van der Waals surface area contributed by atoms with Crippen molar-refractivity contribution in [3.05, 3.63) is 72.7 Å². The summed E-state index contributed by atoms with van der Waals surface area (Å²) in [6.07, 6.45) is 10.2. The SMILES string of the molecule is CN=CC(=CN)c1ccc(CNc2cc(-c3cnc4cc(OCCOC)ccn34)ncn2)cn1. The number of aromatic nitrogens is 5. The number of nitrogens with one attached hydrogen (secondary N) is 1. The van der Waals surface area contributed by atoms with Crippen molar-refractivity contribution in [1.29, 1.82) is 0 Å². The van der Waals surface area contributed by atoms with Crippen LogP contribution in [0.1, 0.15) is 11.3 Å². The molecule has 34 heavy (non-hydrogen) atoms. The zero-order valence-electron chi connectivity index (χ0n) is 19.0. The number of fused-ring (bicyclic) bond motifs is 1. The van der Waals surface area contributed by atoms with Gasteiger partial charge in [-0.25, -0.2) is 15.0 Å². The van der Waals surface area contributed by atoms with Gasteiger partial charge in [0.25, 0.3) is 0 Å². The molecule has 0 aliphatic rings. The summed E-state index contributed by atoms with van der Waals surface area (Å²) in [5.41, 5.74) is 10.6. The van der Waals surface area contributed by atoms with Crippen LogP contribution in [0.15, 0.2) is 66.4 Å². The Morgan fingerprint density at radius 3 is 2.79 bits per heavy atom. The molecule has 0 aliphatic heterocycles. The minimum atomic E-state index is 0.483. The number of allylic oxidation sites excluding steroid dienone is 1. The van der Waals surface area contributed by atoms with Gasteiger partial charge in [-0.15, -0.1) is 0 Å². The lowest BCUT2D eigenvalue weighted by molar-refractivity contribution is 0.146. The molecule has 4 heterocycles. The first-order valence-electron chi connectivity index (χ1n) is 10.7. The van der Waals surface area contributed by atoms with E-state index in [4.69, 9.17) is 15.2 Å². The van der Waals surface area contributed by atoms with Gasteiger partial charge in [-0.1, -0.05) is 6.07 Å². The Labute approximate surface area is 197 Å². The van der Waals surface area contributed by atoms with E-state index in [9.17, 15) is 0 Å². The second-order valence-electron chi connectivity index (χ2n) is 7.28. The maximum Gasteiger partial charge on any atom is 0.140 e. The van der Waals surface area contributed by atoms with E-state index >= 15 is 0 Å². The van der Waals surface area contributed by atoms with E-state index < -0.39 is 0 Å². The first-order chi connectivity index (χ1) is 16.7. The lowest BCUT2D eigenvalue weighted by Gasteiger charge is -2.09. The molecule has 0 aromatic carbocycles. The van der Waals surface area contributed by atoms with Gasteiger partial charge in [0.05, 0.1) is 29.9 Å². The molecule has 10 nitrogen and oxygen atoms in total. The number of rotatable bonds is 10. The lowest BCUT2D eigenvalue weighted by atomic mass is 10.1. The van der Waals surface area contributed by atoms with Gasteiger partial charge in [-0.2, -0.15) is 0 Å². The monoisotopic (exact) mass is 458 g/mol. The topological polar surface area (TPSA) is 125 Å². The van der Waals surface area contributed by atoms with Crippen LogP contribution in [0, 0.1) is 0 Å². The second-order valence-corrected chi connectivity index (χ2v) is 7.28. The molecule has 174 valence electrons. The minimum absolute atomic E-state index is 0.483. The van der Waals surface area contributed by atoms with Crippen molar-refractivity contribution in [1.82, 2.24) is 24.3 Å². The van der Waals surface area contributed by atoms with E-state index in [0.717, 1.165) is 39.6 Å². The Morgan fingerprint density at radius 1 is 1.12 bits per heavy atom. The maximum atomic E-state index is 5.67. The van der Waals surface area contributed by atoms with Crippen LogP contribution in [-0.4, -0.2) is 57.9 Å². The molecule has 0 bridgehead atoms. The Morgan fingerprint density at radius 2 is 2.03 bits per heavy atom. The third-order valence-electron chi connectivity index (χ3n) is 5.01. The lowest BCUT2D eigenvalue weighted by Crippen LogP contribution is -2.04. The third-order valence-corrected chi connectivity index (χ3v) is 5.01. The molecule has 0 atom stereocenters. The summed E-state index contributed by atoms with van der Waals surface area (Å²) in [5.74, 6) is 1.44. The second kappa shape index (κ2) is 11.0. The quantitative estimate of drug-likeness (QED) is 0.275. The van der Waals surface area contributed by atoms with Crippen LogP contribution in [0.4, 0.5) is 5.82 Å². The zero-order valence-corrected chi connectivity index (χ0v) is 19.0. The number of aliphatic imine (C=N–C) groups is 1. The number of pyridine rings is 2. The van der Waals surface area contributed by atoms with Crippen LogP contribution in [0.3, 0.4) is 0 Å². The molecule has 0 saturated heterocycles. The van der Waals surface area contributed by atoms with Crippen molar-refractivity contribution >= 4 is 23.3 Å². The van der Waals surface area contributed by atoms with Crippen LogP contribution in [-0.2, 0) is 11.3 Å². The highest BCUT2D eigenvalue weighted by atomic mass is 16.5. The molecule has 0 spiro atoms. The van der Waals surface area contributed by atoms with Crippen LogP contribution in [0.2, 0.25) is 0 Å². The summed E-state index contributed by atoms with van der Waals surface area (Å²) in [6.45, 7) is 1.57.